The first kappa shape index (κ1) is 15.1. The third kappa shape index (κ3) is 10.4. The van der Waals surface area contributed by atoms with Crippen molar-refractivity contribution in [1.82, 2.24) is 0 Å². The van der Waals surface area contributed by atoms with Gasteiger partial charge >= 0.3 is 7.82 Å². The highest BCUT2D eigenvalue weighted by atomic mass is 31.2. The molecule has 0 aliphatic rings. The Bertz CT molecular complexity index is 185. The van der Waals surface area contributed by atoms with Gasteiger partial charge in [-0.25, -0.2) is 9.45 Å². The lowest BCUT2D eigenvalue weighted by molar-refractivity contribution is -0.225. The molecule has 0 saturated heterocycles. The molecule has 0 heterocycles. The van der Waals surface area contributed by atoms with Crippen LogP contribution in [0.4, 0.5) is 0 Å². The van der Waals surface area contributed by atoms with E-state index >= 15 is 0 Å². The summed E-state index contributed by atoms with van der Waals surface area (Å²) in [6, 6.07) is 0. The molecule has 0 amide bonds. The Balaban J connectivity index is 3.36. The third-order valence-corrected chi connectivity index (χ3v) is 2.49. The van der Waals surface area contributed by atoms with Crippen LogP contribution in [0.15, 0.2) is 0 Å². The zero-order valence-electron chi connectivity index (χ0n) is 9.48. The number of unbranched alkanes of at least 4 members (excludes halogenated alkanes) is 3. The molecular weight excluding hydrogens is 219 g/mol. The van der Waals surface area contributed by atoms with Crippen molar-refractivity contribution in [3.8, 4) is 0 Å². The summed E-state index contributed by atoms with van der Waals surface area (Å²) in [6.45, 7) is 4.45. The number of rotatable bonds is 10. The SMILES string of the molecule is CCCCCCOOP(=O)(O)OCCC. The van der Waals surface area contributed by atoms with Crippen molar-refractivity contribution < 1.29 is 23.5 Å². The van der Waals surface area contributed by atoms with Crippen LogP contribution in [0, 0.1) is 0 Å². The summed E-state index contributed by atoms with van der Waals surface area (Å²) < 4.78 is 19.9. The van der Waals surface area contributed by atoms with Crippen LogP contribution in [0.5, 0.6) is 0 Å². The topological polar surface area (TPSA) is 65.0 Å². The Morgan fingerprint density at radius 1 is 1.07 bits per heavy atom. The van der Waals surface area contributed by atoms with Gasteiger partial charge in [-0.1, -0.05) is 33.1 Å². The predicted molar refractivity (Wildman–Crippen MR) is 57.2 cm³/mol. The third-order valence-electron chi connectivity index (χ3n) is 1.69. The van der Waals surface area contributed by atoms with Gasteiger partial charge in [0.1, 0.15) is 0 Å². The second kappa shape index (κ2) is 9.31. The Morgan fingerprint density at radius 2 is 1.80 bits per heavy atom. The summed E-state index contributed by atoms with van der Waals surface area (Å²) in [5.41, 5.74) is 0. The Kier molecular flexibility index (Phi) is 9.35. The van der Waals surface area contributed by atoms with Gasteiger partial charge in [0, 0.05) is 0 Å². The zero-order valence-corrected chi connectivity index (χ0v) is 10.4. The first-order valence-corrected chi connectivity index (χ1v) is 6.90. The van der Waals surface area contributed by atoms with E-state index in [1.165, 1.54) is 0 Å². The van der Waals surface area contributed by atoms with Gasteiger partial charge in [-0.05, 0) is 12.8 Å². The molecule has 0 aromatic carbocycles. The molecule has 0 aromatic rings. The highest BCUT2D eigenvalue weighted by Crippen LogP contribution is 2.43. The number of phosphoric ester groups is 1. The molecule has 0 aromatic heterocycles. The van der Waals surface area contributed by atoms with Gasteiger partial charge in [0.15, 0.2) is 0 Å². The van der Waals surface area contributed by atoms with E-state index in [-0.39, 0.29) is 6.61 Å². The van der Waals surface area contributed by atoms with Gasteiger partial charge in [0.25, 0.3) is 0 Å². The van der Waals surface area contributed by atoms with Crippen molar-refractivity contribution >= 4 is 7.82 Å². The van der Waals surface area contributed by atoms with Gasteiger partial charge in [-0.3, -0.25) is 4.52 Å². The molecule has 5 nitrogen and oxygen atoms in total. The maximum Gasteiger partial charge on any atom is 0.499 e. The van der Waals surface area contributed by atoms with E-state index in [1.54, 1.807) is 0 Å². The monoisotopic (exact) mass is 240 g/mol. The maximum absolute atomic E-state index is 11.0. The maximum atomic E-state index is 11.0. The van der Waals surface area contributed by atoms with Crippen molar-refractivity contribution in [3.05, 3.63) is 0 Å². The van der Waals surface area contributed by atoms with Crippen LogP contribution >= 0.6 is 7.82 Å². The molecule has 0 saturated carbocycles. The summed E-state index contributed by atoms with van der Waals surface area (Å²) in [5.74, 6) is 0. The van der Waals surface area contributed by atoms with E-state index in [4.69, 9.17) is 4.89 Å². The lowest BCUT2D eigenvalue weighted by Crippen LogP contribution is -1.99. The van der Waals surface area contributed by atoms with Gasteiger partial charge < -0.3 is 4.89 Å². The minimum Gasteiger partial charge on any atom is -0.301 e. The molecule has 0 rings (SSSR count). The molecule has 0 spiro atoms. The normalized spacial score (nSPS) is 15.1. The second-order valence-electron chi connectivity index (χ2n) is 3.26. The zero-order chi connectivity index (χ0) is 11.6. The average molecular weight is 240 g/mol. The molecule has 1 unspecified atom stereocenters. The smallest absolute Gasteiger partial charge is 0.301 e. The summed E-state index contributed by atoms with van der Waals surface area (Å²) >= 11 is 0. The van der Waals surface area contributed by atoms with Gasteiger partial charge in [-0.2, -0.15) is 0 Å². The van der Waals surface area contributed by atoms with E-state index < -0.39 is 7.82 Å². The minimum atomic E-state index is -3.99. The summed E-state index contributed by atoms with van der Waals surface area (Å²) in [4.78, 5) is 13.6. The fraction of sp³-hybridized carbons (Fsp3) is 1.00. The van der Waals surface area contributed by atoms with Crippen molar-refractivity contribution in [1.29, 1.82) is 0 Å². The largest absolute Gasteiger partial charge is 0.499 e. The highest BCUT2D eigenvalue weighted by Gasteiger charge is 2.21. The van der Waals surface area contributed by atoms with Crippen LogP contribution in [-0.2, 0) is 18.7 Å². The molecule has 1 N–H and O–H groups in total. The van der Waals surface area contributed by atoms with Crippen LogP contribution in [0.3, 0.4) is 0 Å². The summed E-state index contributed by atoms with van der Waals surface area (Å²) in [7, 11) is -3.99. The van der Waals surface area contributed by atoms with Crippen LogP contribution < -0.4 is 0 Å². The minimum absolute atomic E-state index is 0.187. The fourth-order valence-corrected chi connectivity index (χ4v) is 1.58. The first-order valence-electron chi connectivity index (χ1n) is 5.41. The Labute approximate surface area is 91.3 Å². The van der Waals surface area contributed by atoms with Gasteiger partial charge in [0.05, 0.1) is 13.2 Å². The van der Waals surface area contributed by atoms with Crippen LogP contribution in [0.25, 0.3) is 0 Å². The lowest BCUT2D eigenvalue weighted by Gasteiger charge is -2.09. The lowest BCUT2D eigenvalue weighted by atomic mass is 10.2. The molecule has 15 heavy (non-hydrogen) atoms. The fourth-order valence-electron chi connectivity index (χ4n) is 0.920. The molecule has 1 atom stereocenters. The predicted octanol–water partition coefficient (Wildman–Crippen LogP) is 3.04. The molecule has 0 fully saturated rings. The Hall–Kier alpha value is 0.0700. The first-order chi connectivity index (χ1) is 7.12. The number of hydrogen-bond acceptors (Lipinski definition) is 4. The van der Waals surface area contributed by atoms with E-state index in [1.807, 2.05) is 6.92 Å². The number of phosphoric acid groups is 1. The Morgan fingerprint density at radius 3 is 2.40 bits per heavy atom. The second-order valence-corrected chi connectivity index (χ2v) is 4.60. The number of hydrogen-bond donors (Lipinski definition) is 1. The van der Waals surface area contributed by atoms with Crippen molar-refractivity contribution in [2.24, 2.45) is 0 Å². The van der Waals surface area contributed by atoms with Crippen molar-refractivity contribution in [3.63, 3.8) is 0 Å². The van der Waals surface area contributed by atoms with Gasteiger partial charge in [-0.15, -0.1) is 4.67 Å². The summed E-state index contributed by atoms with van der Waals surface area (Å²) in [6.07, 6.45) is 4.78. The van der Waals surface area contributed by atoms with Crippen molar-refractivity contribution in [2.75, 3.05) is 13.2 Å². The molecule has 0 aliphatic carbocycles. The molecular formula is C9H21O5P. The van der Waals surface area contributed by atoms with Gasteiger partial charge in [0.2, 0.25) is 0 Å². The standard InChI is InChI=1S/C9H21O5P/c1-3-5-6-7-9-12-14-15(10,11)13-8-4-2/h3-9H2,1-2H3,(H,10,11). The van der Waals surface area contributed by atoms with Crippen LogP contribution in [-0.4, -0.2) is 18.1 Å². The van der Waals surface area contributed by atoms with Crippen LogP contribution in [0.2, 0.25) is 0 Å². The average Bonchev–Trinajstić information content (AvgIpc) is 2.20. The molecule has 92 valence electrons. The van der Waals surface area contributed by atoms with Crippen LogP contribution in [0.1, 0.15) is 46.0 Å². The summed E-state index contributed by atoms with van der Waals surface area (Å²) in [5, 5.41) is 0. The molecule has 6 heteroatoms. The van der Waals surface area contributed by atoms with E-state index in [2.05, 4.69) is 21.0 Å². The van der Waals surface area contributed by atoms with E-state index in [9.17, 15) is 4.57 Å². The molecule has 0 bridgehead atoms. The quantitative estimate of drug-likeness (QED) is 0.275. The molecule has 0 aliphatic heterocycles. The van der Waals surface area contributed by atoms with Crippen molar-refractivity contribution in [2.45, 2.75) is 46.0 Å². The van der Waals surface area contributed by atoms with E-state index in [0.29, 0.717) is 13.0 Å². The molecule has 0 radical (unpaired) electrons. The highest BCUT2D eigenvalue weighted by molar-refractivity contribution is 7.47. The van der Waals surface area contributed by atoms with E-state index in [0.717, 1.165) is 25.7 Å².